The Kier molecular flexibility index (Phi) is 6.32. The molecule has 2 aromatic rings. The molecule has 0 unspecified atom stereocenters. The molecule has 7 fully saturated rings. The molecular formula is C30H32O12. The van der Waals surface area contributed by atoms with Crippen LogP contribution in [0.1, 0.15) is 40.5 Å². The first-order chi connectivity index (χ1) is 20.0. The largest absolute Gasteiger partial charge is 0.461 e. The van der Waals surface area contributed by atoms with Crippen LogP contribution in [0.3, 0.4) is 0 Å². The van der Waals surface area contributed by atoms with E-state index < -0.39 is 83.9 Å². The van der Waals surface area contributed by atoms with Gasteiger partial charge >= 0.3 is 11.9 Å². The van der Waals surface area contributed by atoms with Gasteiger partial charge in [0.05, 0.1) is 16.5 Å². The Morgan fingerprint density at radius 1 is 0.881 bits per heavy atom. The minimum Gasteiger partial charge on any atom is -0.461 e. The molecule has 12 heteroatoms. The number of hydrogen-bond acceptors (Lipinski definition) is 12. The lowest BCUT2D eigenvalue weighted by atomic mass is 9.41. The molecule has 12 nitrogen and oxygen atoms in total. The van der Waals surface area contributed by atoms with E-state index in [2.05, 4.69) is 0 Å². The van der Waals surface area contributed by atoms with Crippen molar-refractivity contribution in [3.8, 4) is 0 Å². The summed E-state index contributed by atoms with van der Waals surface area (Å²) in [6.45, 7) is 1.12. The standard InChI is InChI=1S/C30H32O12/c1-27-14-29(36)19-12-30(27,28(19,26(41-27)42-29)15-38-24(35)17-10-6-3-7-11-17)40-25-22(33)21(32)20(31)18(39-25)13-37-23(34)16-8-4-2-5-9-16/h2-11,18-22,25-26,31-33,36H,12-15H2,1H3/t18-,19+,20+,21+,22-,25-,26+,27-,28-,29-,30-/m1/s1. The van der Waals surface area contributed by atoms with Gasteiger partial charge in [0.1, 0.15) is 48.8 Å². The molecule has 42 heavy (non-hydrogen) atoms. The van der Waals surface area contributed by atoms with Crippen molar-refractivity contribution in [2.75, 3.05) is 13.2 Å². The third-order valence-electron chi connectivity index (χ3n) is 9.78. The van der Waals surface area contributed by atoms with Crippen LogP contribution >= 0.6 is 0 Å². The molecule has 9 rings (SSSR count). The van der Waals surface area contributed by atoms with Gasteiger partial charge in [0.2, 0.25) is 0 Å². The van der Waals surface area contributed by atoms with Gasteiger partial charge in [0.25, 0.3) is 0 Å². The Balaban J connectivity index is 1.13. The number of hydrogen-bond donors (Lipinski definition) is 4. The van der Waals surface area contributed by atoms with E-state index in [0.29, 0.717) is 11.1 Å². The Bertz CT molecular complexity index is 1370. The molecule has 0 radical (unpaired) electrons. The SMILES string of the molecule is C[C@]12C[C@@]3(O)O[C@H](O1)[C@@]1(COC(=O)c4ccccc4)[C@@H]3C[C@]12O[C@H]1O[C@H](COC(=O)c2ccccc2)[C@H](O)[C@H](O)[C@H]1O. The van der Waals surface area contributed by atoms with Crippen molar-refractivity contribution in [3.05, 3.63) is 71.8 Å². The number of esters is 2. The first-order valence-electron chi connectivity index (χ1n) is 13.9. The number of carbonyl (C=O) groups excluding carboxylic acids is 2. The lowest BCUT2D eigenvalue weighted by Crippen LogP contribution is -2.80. The number of ether oxygens (including phenoxy) is 6. The van der Waals surface area contributed by atoms with Crippen molar-refractivity contribution in [1.29, 1.82) is 0 Å². The van der Waals surface area contributed by atoms with Crippen molar-refractivity contribution in [3.63, 3.8) is 0 Å². The second-order valence-electron chi connectivity index (χ2n) is 12.0. The Labute approximate surface area is 240 Å². The van der Waals surface area contributed by atoms with Crippen LogP contribution in [0.15, 0.2) is 60.7 Å². The van der Waals surface area contributed by atoms with Gasteiger partial charge in [-0.15, -0.1) is 0 Å². The molecule has 0 aromatic heterocycles. The highest BCUT2D eigenvalue weighted by Crippen LogP contribution is 2.81. The molecule has 11 atom stereocenters. The van der Waals surface area contributed by atoms with Crippen LogP contribution < -0.4 is 0 Å². The van der Waals surface area contributed by atoms with E-state index in [4.69, 9.17) is 28.4 Å². The summed E-state index contributed by atoms with van der Waals surface area (Å²) in [5.74, 6) is -3.25. The van der Waals surface area contributed by atoms with E-state index in [9.17, 15) is 30.0 Å². The molecule has 0 spiro atoms. The zero-order valence-electron chi connectivity index (χ0n) is 22.7. The summed E-state index contributed by atoms with van der Waals surface area (Å²) in [4.78, 5) is 25.4. The van der Waals surface area contributed by atoms with Crippen LogP contribution in [0.2, 0.25) is 0 Å². The van der Waals surface area contributed by atoms with Crippen molar-refractivity contribution in [1.82, 2.24) is 0 Å². The Morgan fingerprint density at radius 3 is 2.14 bits per heavy atom. The van der Waals surface area contributed by atoms with Gasteiger partial charge in [-0.3, -0.25) is 0 Å². The van der Waals surface area contributed by atoms with Gasteiger partial charge in [-0.05, 0) is 37.6 Å². The molecule has 4 aliphatic heterocycles. The van der Waals surface area contributed by atoms with E-state index in [-0.39, 0.29) is 19.4 Å². The van der Waals surface area contributed by atoms with Crippen LogP contribution in [-0.4, -0.2) is 99.6 Å². The average molecular weight is 585 g/mol. The topological polar surface area (TPSA) is 170 Å². The minimum absolute atomic E-state index is 0.0572. The molecule has 4 heterocycles. The number of aliphatic hydroxyl groups is 4. The number of aliphatic hydroxyl groups excluding tert-OH is 3. The summed E-state index contributed by atoms with van der Waals surface area (Å²) in [6.07, 6.45) is -8.34. The Hall–Kier alpha value is -2.94. The van der Waals surface area contributed by atoms with Crippen LogP contribution in [-0.2, 0) is 28.4 Å². The van der Waals surface area contributed by atoms with Crippen LogP contribution in [0.25, 0.3) is 0 Å². The minimum atomic E-state index is -1.69. The molecule has 4 N–H and O–H groups in total. The molecule has 0 amide bonds. The normalized spacial score (nSPS) is 44.5. The fourth-order valence-corrected chi connectivity index (χ4v) is 7.68. The Morgan fingerprint density at radius 2 is 1.50 bits per heavy atom. The monoisotopic (exact) mass is 584 g/mol. The van der Waals surface area contributed by atoms with Crippen molar-refractivity contribution in [2.45, 2.75) is 73.8 Å². The van der Waals surface area contributed by atoms with E-state index >= 15 is 0 Å². The maximum atomic E-state index is 12.9. The second kappa shape index (κ2) is 9.53. The van der Waals surface area contributed by atoms with E-state index in [1.165, 1.54) is 0 Å². The van der Waals surface area contributed by atoms with Crippen LogP contribution in [0.5, 0.6) is 0 Å². The second-order valence-corrected chi connectivity index (χ2v) is 12.0. The third-order valence-corrected chi connectivity index (χ3v) is 9.78. The predicted molar refractivity (Wildman–Crippen MR) is 138 cm³/mol. The zero-order valence-corrected chi connectivity index (χ0v) is 22.7. The summed E-state index contributed by atoms with van der Waals surface area (Å²) < 4.78 is 35.7. The summed E-state index contributed by atoms with van der Waals surface area (Å²) in [5.41, 5.74) is -2.88. The maximum Gasteiger partial charge on any atom is 0.338 e. The predicted octanol–water partition coefficient (Wildman–Crippen LogP) is 0.507. The molecule has 6 bridgehead atoms. The first-order valence-corrected chi connectivity index (χ1v) is 13.9. The molecule has 2 aromatic carbocycles. The molecule has 4 saturated heterocycles. The van der Waals surface area contributed by atoms with Crippen LogP contribution in [0, 0.1) is 11.3 Å². The van der Waals surface area contributed by atoms with Crippen molar-refractivity contribution >= 4 is 11.9 Å². The fourth-order valence-electron chi connectivity index (χ4n) is 7.68. The summed E-state index contributed by atoms with van der Waals surface area (Å²) in [6, 6.07) is 16.7. The summed E-state index contributed by atoms with van der Waals surface area (Å²) >= 11 is 0. The fraction of sp³-hybridized carbons (Fsp3) is 0.533. The number of carbonyl (C=O) groups is 2. The maximum absolute atomic E-state index is 12.9. The zero-order chi connectivity index (χ0) is 29.5. The highest BCUT2D eigenvalue weighted by atomic mass is 16.8. The lowest BCUT2D eigenvalue weighted by Gasteiger charge is -2.67. The van der Waals surface area contributed by atoms with Crippen molar-refractivity contribution < 1.29 is 58.4 Å². The van der Waals surface area contributed by atoms with E-state index in [0.717, 1.165) is 0 Å². The number of benzene rings is 2. The van der Waals surface area contributed by atoms with Crippen LogP contribution in [0.4, 0.5) is 0 Å². The smallest absolute Gasteiger partial charge is 0.338 e. The van der Waals surface area contributed by atoms with Gasteiger partial charge in [0, 0.05) is 12.3 Å². The summed E-state index contributed by atoms with van der Waals surface area (Å²) in [7, 11) is 0. The van der Waals surface area contributed by atoms with Gasteiger partial charge < -0.3 is 48.8 Å². The van der Waals surface area contributed by atoms with Gasteiger partial charge in [-0.1, -0.05) is 36.4 Å². The highest BCUT2D eigenvalue weighted by Gasteiger charge is 2.94. The van der Waals surface area contributed by atoms with Crippen molar-refractivity contribution in [2.24, 2.45) is 11.3 Å². The molecule has 3 saturated carbocycles. The van der Waals surface area contributed by atoms with Gasteiger partial charge in [-0.2, -0.15) is 0 Å². The lowest BCUT2D eigenvalue weighted by molar-refractivity contribution is -0.424. The number of rotatable bonds is 8. The summed E-state index contributed by atoms with van der Waals surface area (Å²) in [5, 5.41) is 43.6. The first kappa shape index (κ1) is 27.9. The molecule has 7 aliphatic rings. The van der Waals surface area contributed by atoms with Gasteiger partial charge in [0.15, 0.2) is 18.4 Å². The van der Waals surface area contributed by atoms with E-state index in [1.54, 1.807) is 67.6 Å². The van der Waals surface area contributed by atoms with E-state index in [1.807, 2.05) is 0 Å². The molecule has 3 aliphatic carbocycles. The quantitative estimate of drug-likeness (QED) is 0.318. The molecular weight excluding hydrogens is 552 g/mol. The third kappa shape index (κ3) is 3.70. The molecule has 224 valence electrons. The van der Waals surface area contributed by atoms with Gasteiger partial charge in [-0.25, -0.2) is 9.59 Å². The highest BCUT2D eigenvalue weighted by molar-refractivity contribution is 5.89. The average Bonchev–Trinajstić information content (AvgIpc) is 3.18.